The fourth-order valence-electron chi connectivity index (χ4n) is 2.93. The van der Waals surface area contributed by atoms with Crippen LogP contribution in [0.25, 0.3) is 0 Å². The zero-order valence-corrected chi connectivity index (χ0v) is 15.2. The standard InChI is InChI=1S/C16H17BrN6O2/c1-8-3-4-10(17)6-11(8)16(15(18)25)13(19-7-20-16)14(24)21-12-5-9(2)22-23-12/h3-7,13H,1-2H3,(H2,18,25)(H,19,20)(H2,21,22,23,24). The van der Waals surface area contributed by atoms with Gasteiger partial charge in [0.05, 0.1) is 6.34 Å². The predicted molar refractivity (Wildman–Crippen MR) is 97.1 cm³/mol. The number of carbonyl (C=O) groups excluding carboxylic acids is 2. The third kappa shape index (κ3) is 2.91. The zero-order chi connectivity index (χ0) is 18.2. The highest BCUT2D eigenvalue weighted by molar-refractivity contribution is 9.10. The molecule has 9 heteroatoms. The van der Waals surface area contributed by atoms with Gasteiger partial charge in [-0.3, -0.25) is 19.7 Å². The summed E-state index contributed by atoms with van der Waals surface area (Å²) in [6, 6.07) is 6.08. The van der Waals surface area contributed by atoms with E-state index < -0.39 is 23.4 Å². The van der Waals surface area contributed by atoms with Crippen molar-refractivity contribution in [1.29, 1.82) is 0 Å². The maximum absolute atomic E-state index is 12.8. The van der Waals surface area contributed by atoms with E-state index in [0.29, 0.717) is 11.4 Å². The Hall–Kier alpha value is -2.68. The third-order valence-electron chi connectivity index (χ3n) is 4.14. The molecule has 2 unspecified atom stereocenters. The average molecular weight is 405 g/mol. The van der Waals surface area contributed by atoms with Gasteiger partial charge in [0.25, 0.3) is 11.8 Å². The molecule has 1 aromatic heterocycles. The highest BCUT2D eigenvalue weighted by Crippen LogP contribution is 2.34. The quantitative estimate of drug-likeness (QED) is 0.608. The number of aromatic nitrogens is 2. The van der Waals surface area contributed by atoms with Gasteiger partial charge in [0.15, 0.2) is 17.4 Å². The topological polar surface area (TPSA) is 125 Å². The number of rotatable bonds is 4. The molecule has 1 aromatic carbocycles. The zero-order valence-electron chi connectivity index (χ0n) is 13.6. The number of nitrogens with two attached hydrogens (primary N) is 1. The lowest BCUT2D eigenvalue weighted by Gasteiger charge is -2.32. The molecule has 1 aliphatic heterocycles. The number of benzene rings is 1. The summed E-state index contributed by atoms with van der Waals surface area (Å²) in [6.07, 6.45) is 1.34. The summed E-state index contributed by atoms with van der Waals surface area (Å²) in [4.78, 5) is 29.4. The largest absolute Gasteiger partial charge is 0.367 e. The number of anilines is 1. The molecule has 2 amide bonds. The molecule has 1 aliphatic rings. The maximum atomic E-state index is 12.8. The number of carbonyl (C=O) groups is 2. The van der Waals surface area contributed by atoms with Gasteiger partial charge < -0.3 is 16.4 Å². The van der Waals surface area contributed by atoms with E-state index in [0.717, 1.165) is 15.7 Å². The van der Waals surface area contributed by atoms with Gasteiger partial charge in [-0.1, -0.05) is 22.0 Å². The van der Waals surface area contributed by atoms with Gasteiger partial charge in [-0.15, -0.1) is 0 Å². The minimum absolute atomic E-state index is 0.355. The molecule has 5 N–H and O–H groups in total. The maximum Gasteiger partial charge on any atom is 0.253 e. The Morgan fingerprint density at radius 2 is 2.08 bits per heavy atom. The van der Waals surface area contributed by atoms with E-state index >= 15 is 0 Å². The molecule has 2 heterocycles. The van der Waals surface area contributed by atoms with Crippen LogP contribution in [-0.4, -0.2) is 34.4 Å². The molecule has 0 spiro atoms. The van der Waals surface area contributed by atoms with E-state index in [2.05, 4.69) is 41.8 Å². The van der Waals surface area contributed by atoms with Crippen molar-refractivity contribution >= 4 is 39.9 Å². The molecule has 25 heavy (non-hydrogen) atoms. The fourth-order valence-corrected chi connectivity index (χ4v) is 3.29. The molecule has 3 rings (SSSR count). The number of aromatic amines is 1. The Morgan fingerprint density at radius 1 is 1.32 bits per heavy atom. The van der Waals surface area contributed by atoms with Crippen molar-refractivity contribution in [3.63, 3.8) is 0 Å². The Balaban J connectivity index is 2.02. The molecule has 2 atom stereocenters. The van der Waals surface area contributed by atoms with Crippen molar-refractivity contribution in [2.24, 2.45) is 10.7 Å². The molecule has 0 bridgehead atoms. The molecule has 0 aliphatic carbocycles. The monoisotopic (exact) mass is 404 g/mol. The second kappa shape index (κ2) is 6.32. The van der Waals surface area contributed by atoms with Gasteiger partial charge >= 0.3 is 0 Å². The third-order valence-corrected chi connectivity index (χ3v) is 4.64. The van der Waals surface area contributed by atoms with Gasteiger partial charge in [-0.25, -0.2) is 0 Å². The van der Waals surface area contributed by atoms with Gasteiger partial charge in [0.1, 0.15) is 0 Å². The first kappa shape index (κ1) is 17.2. The smallest absolute Gasteiger partial charge is 0.253 e. The van der Waals surface area contributed by atoms with Crippen LogP contribution >= 0.6 is 15.9 Å². The summed E-state index contributed by atoms with van der Waals surface area (Å²) >= 11 is 3.39. The van der Waals surface area contributed by atoms with E-state index in [9.17, 15) is 9.59 Å². The number of halogens is 1. The minimum atomic E-state index is -1.47. The van der Waals surface area contributed by atoms with Crippen LogP contribution in [0, 0.1) is 13.8 Å². The van der Waals surface area contributed by atoms with Crippen molar-refractivity contribution in [2.45, 2.75) is 25.4 Å². The fraction of sp³-hybridized carbons (Fsp3) is 0.250. The van der Waals surface area contributed by atoms with Crippen LogP contribution < -0.4 is 16.4 Å². The minimum Gasteiger partial charge on any atom is -0.367 e. The second-order valence-electron chi connectivity index (χ2n) is 5.88. The molecule has 0 saturated carbocycles. The summed E-state index contributed by atoms with van der Waals surface area (Å²) in [6.45, 7) is 3.66. The van der Waals surface area contributed by atoms with E-state index in [1.54, 1.807) is 12.1 Å². The number of H-pyrrole nitrogens is 1. The van der Waals surface area contributed by atoms with Gasteiger partial charge in [-0.05, 0) is 37.1 Å². The molecule has 8 nitrogen and oxygen atoms in total. The van der Waals surface area contributed by atoms with Crippen molar-refractivity contribution in [3.05, 3.63) is 45.6 Å². The molecular formula is C16H17BrN6O2. The van der Waals surface area contributed by atoms with Gasteiger partial charge in [-0.2, -0.15) is 5.10 Å². The number of amides is 2. The van der Waals surface area contributed by atoms with Crippen LogP contribution in [0.2, 0.25) is 0 Å². The van der Waals surface area contributed by atoms with E-state index in [1.807, 2.05) is 26.0 Å². The molecular weight excluding hydrogens is 388 g/mol. The average Bonchev–Trinajstić information content (AvgIpc) is 3.16. The number of nitrogens with one attached hydrogen (secondary N) is 3. The SMILES string of the molecule is Cc1cc(NC(=O)C2N=CNC2(C(N)=O)c2cc(Br)ccc2C)n[nH]1. The van der Waals surface area contributed by atoms with Gasteiger partial charge in [0, 0.05) is 16.2 Å². The summed E-state index contributed by atoms with van der Waals surface area (Å²) in [5.41, 5.74) is 6.44. The normalized spacial score (nSPS) is 21.8. The lowest BCUT2D eigenvalue weighted by atomic mass is 9.80. The van der Waals surface area contributed by atoms with Crippen LogP contribution in [0.1, 0.15) is 16.8 Å². The molecule has 0 radical (unpaired) electrons. The lowest BCUT2D eigenvalue weighted by molar-refractivity contribution is -0.129. The first-order valence-electron chi connectivity index (χ1n) is 7.53. The van der Waals surface area contributed by atoms with E-state index in [4.69, 9.17) is 5.73 Å². The Labute approximate surface area is 152 Å². The molecule has 0 fully saturated rings. The molecule has 2 aromatic rings. The van der Waals surface area contributed by atoms with Crippen LogP contribution in [0.5, 0.6) is 0 Å². The van der Waals surface area contributed by atoms with Crippen molar-refractivity contribution in [3.8, 4) is 0 Å². The van der Waals surface area contributed by atoms with Crippen LogP contribution in [0.4, 0.5) is 5.82 Å². The van der Waals surface area contributed by atoms with Crippen molar-refractivity contribution in [2.75, 3.05) is 5.32 Å². The Morgan fingerprint density at radius 3 is 2.72 bits per heavy atom. The highest BCUT2D eigenvalue weighted by Gasteiger charge is 2.53. The summed E-state index contributed by atoms with van der Waals surface area (Å²) in [5.74, 6) is -0.815. The van der Waals surface area contributed by atoms with Crippen molar-refractivity contribution in [1.82, 2.24) is 15.5 Å². The van der Waals surface area contributed by atoms with E-state index in [-0.39, 0.29) is 0 Å². The number of primary amides is 1. The molecule has 130 valence electrons. The van der Waals surface area contributed by atoms with Crippen molar-refractivity contribution < 1.29 is 9.59 Å². The number of nitrogens with zero attached hydrogens (tertiary/aromatic N) is 2. The Bertz CT molecular complexity index is 877. The first-order chi connectivity index (χ1) is 11.8. The molecule has 0 saturated heterocycles. The number of aryl methyl sites for hydroxylation is 2. The summed E-state index contributed by atoms with van der Waals surface area (Å²) in [5, 5.41) is 12.3. The summed E-state index contributed by atoms with van der Waals surface area (Å²) < 4.78 is 0.768. The number of hydrogen-bond donors (Lipinski definition) is 4. The van der Waals surface area contributed by atoms with Crippen LogP contribution in [0.3, 0.4) is 0 Å². The van der Waals surface area contributed by atoms with E-state index in [1.165, 1.54) is 6.34 Å². The Kier molecular flexibility index (Phi) is 4.34. The number of aliphatic imine (C=N–C) groups is 1. The predicted octanol–water partition coefficient (Wildman–Crippen LogP) is 1.11. The highest BCUT2D eigenvalue weighted by atomic mass is 79.9. The second-order valence-corrected chi connectivity index (χ2v) is 6.80. The summed E-state index contributed by atoms with van der Waals surface area (Å²) in [7, 11) is 0. The van der Waals surface area contributed by atoms with Crippen LogP contribution in [-0.2, 0) is 15.1 Å². The van der Waals surface area contributed by atoms with Crippen LogP contribution in [0.15, 0.2) is 33.7 Å². The first-order valence-corrected chi connectivity index (χ1v) is 8.32. The number of hydrogen-bond acceptors (Lipinski definition) is 5. The van der Waals surface area contributed by atoms with Gasteiger partial charge in [0.2, 0.25) is 0 Å². The lowest BCUT2D eigenvalue weighted by Crippen LogP contribution is -2.59.